The van der Waals surface area contributed by atoms with Crippen LogP contribution in [-0.2, 0) is 20.2 Å². The van der Waals surface area contributed by atoms with Gasteiger partial charge in [-0.2, -0.15) is 16.8 Å². The standard InChI is InChI=1S/C10H8NO7S2/c11-8-4-7-5(2-10(8)20(16,17)18)1-6(3-9(7)12)19(13,14)15/h1-2,4,12H,11H2,(H,13,14,15)(H,16,17,18). The average molecular weight is 318 g/mol. The van der Waals surface area contributed by atoms with Crippen molar-refractivity contribution < 1.29 is 31.0 Å². The number of hydrogen-bond donors (Lipinski definition) is 4. The molecule has 0 bridgehead atoms. The van der Waals surface area contributed by atoms with Crippen LogP contribution in [0.25, 0.3) is 10.8 Å². The number of hydrogen-bond acceptors (Lipinski definition) is 6. The first-order valence-corrected chi connectivity index (χ1v) is 7.81. The number of phenolic OH excluding ortho intramolecular Hbond substituents is 1. The first-order valence-electron chi connectivity index (χ1n) is 4.93. The summed E-state index contributed by atoms with van der Waals surface area (Å²) in [7, 11) is -9.25. The van der Waals surface area contributed by atoms with Crippen molar-refractivity contribution in [3.05, 3.63) is 24.3 Å². The van der Waals surface area contributed by atoms with Gasteiger partial charge in [-0.15, -0.1) is 0 Å². The molecule has 10 heteroatoms. The first kappa shape index (κ1) is 14.5. The number of anilines is 1. The Labute approximate surface area is 114 Å². The van der Waals surface area contributed by atoms with Gasteiger partial charge in [0, 0.05) is 5.39 Å². The minimum absolute atomic E-state index is 0.0160. The monoisotopic (exact) mass is 318 g/mol. The lowest BCUT2D eigenvalue weighted by Crippen LogP contribution is -2.04. The van der Waals surface area contributed by atoms with E-state index in [2.05, 4.69) is 0 Å². The minimum atomic E-state index is -4.63. The van der Waals surface area contributed by atoms with Crippen molar-refractivity contribution in [2.45, 2.75) is 9.79 Å². The maximum Gasteiger partial charge on any atom is 0.296 e. The molecule has 0 aliphatic heterocycles. The van der Waals surface area contributed by atoms with E-state index < -0.39 is 35.8 Å². The number of fused-ring (bicyclic) bond motifs is 1. The lowest BCUT2D eigenvalue weighted by molar-refractivity contribution is 0.469. The van der Waals surface area contributed by atoms with Crippen LogP contribution in [0.4, 0.5) is 5.69 Å². The van der Waals surface area contributed by atoms with E-state index in [-0.39, 0.29) is 16.5 Å². The van der Waals surface area contributed by atoms with E-state index in [1.807, 2.05) is 6.07 Å². The summed E-state index contributed by atoms with van der Waals surface area (Å²) < 4.78 is 62.1. The van der Waals surface area contributed by atoms with Crippen LogP contribution in [0, 0.1) is 6.07 Å². The highest BCUT2D eigenvalue weighted by atomic mass is 32.2. The zero-order chi connectivity index (χ0) is 15.3. The quantitative estimate of drug-likeness (QED) is 0.458. The zero-order valence-corrected chi connectivity index (χ0v) is 11.2. The van der Waals surface area contributed by atoms with Crippen LogP contribution in [0.15, 0.2) is 28.0 Å². The summed E-state index contributed by atoms with van der Waals surface area (Å²) in [6, 6.07) is 4.83. The summed E-state index contributed by atoms with van der Waals surface area (Å²) in [4.78, 5) is -1.38. The fourth-order valence-electron chi connectivity index (χ4n) is 1.66. The fourth-order valence-corrected chi connectivity index (χ4v) is 2.79. The molecule has 1 radical (unpaired) electrons. The van der Waals surface area contributed by atoms with Crippen molar-refractivity contribution in [3.8, 4) is 5.75 Å². The summed E-state index contributed by atoms with van der Waals surface area (Å²) in [5.74, 6) is -0.635. The molecule has 0 saturated heterocycles. The molecule has 0 fully saturated rings. The van der Waals surface area contributed by atoms with Crippen LogP contribution in [-0.4, -0.2) is 31.0 Å². The molecule has 0 amide bonds. The van der Waals surface area contributed by atoms with E-state index in [4.69, 9.17) is 14.8 Å². The first-order chi connectivity index (χ1) is 9.00. The van der Waals surface area contributed by atoms with Gasteiger partial charge in [0.15, 0.2) is 0 Å². The van der Waals surface area contributed by atoms with Crippen LogP contribution in [0.1, 0.15) is 0 Å². The molecule has 0 aliphatic carbocycles. The van der Waals surface area contributed by atoms with Gasteiger partial charge in [0.05, 0.1) is 11.8 Å². The van der Waals surface area contributed by atoms with E-state index in [1.165, 1.54) is 0 Å². The third kappa shape index (κ3) is 2.54. The zero-order valence-electron chi connectivity index (χ0n) is 9.60. The summed E-state index contributed by atoms with van der Waals surface area (Å²) in [5.41, 5.74) is 5.10. The molecule has 0 heterocycles. The van der Waals surface area contributed by atoms with Crippen LogP contribution >= 0.6 is 0 Å². The normalized spacial score (nSPS) is 12.7. The highest BCUT2D eigenvalue weighted by Crippen LogP contribution is 2.33. The smallest absolute Gasteiger partial charge is 0.296 e. The predicted molar refractivity (Wildman–Crippen MR) is 68.5 cm³/mol. The Kier molecular flexibility index (Phi) is 3.13. The molecule has 0 aliphatic rings. The van der Waals surface area contributed by atoms with Gasteiger partial charge in [0.25, 0.3) is 20.2 Å². The molecule has 0 aromatic heterocycles. The van der Waals surface area contributed by atoms with Crippen molar-refractivity contribution in [2.24, 2.45) is 0 Å². The molecule has 0 atom stereocenters. The highest BCUT2D eigenvalue weighted by Gasteiger charge is 2.19. The van der Waals surface area contributed by atoms with E-state index in [0.717, 1.165) is 18.2 Å². The third-order valence-electron chi connectivity index (χ3n) is 2.52. The van der Waals surface area contributed by atoms with Gasteiger partial charge >= 0.3 is 0 Å². The van der Waals surface area contributed by atoms with E-state index in [1.54, 1.807) is 0 Å². The lowest BCUT2D eigenvalue weighted by Gasteiger charge is -2.08. The van der Waals surface area contributed by atoms with Crippen molar-refractivity contribution in [1.29, 1.82) is 0 Å². The number of benzene rings is 2. The SMILES string of the molecule is Nc1cc2c(O)[c]c(S(=O)(=O)O)cc2cc1S(=O)(=O)O. The number of nitrogens with two attached hydrogens (primary N) is 1. The van der Waals surface area contributed by atoms with Gasteiger partial charge in [-0.25, -0.2) is 0 Å². The third-order valence-corrected chi connectivity index (χ3v) is 4.21. The van der Waals surface area contributed by atoms with Crippen LogP contribution in [0.2, 0.25) is 0 Å². The maximum absolute atomic E-state index is 11.1. The number of aromatic hydroxyl groups is 1. The van der Waals surface area contributed by atoms with Gasteiger partial charge in [0.2, 0.25) is 0 Å². The molecule has 2 aromatic rings. The van der Waals surface area contributed by atoms with Crippen LogP contribution < -0.4 is 5.73 Å². The fraction of sp³-hybridized carbons (Fsp3) is 0. The van der Waals surface area contributed by atoms with Gasteiger partial charge in [0.1, 0.15) is 15.5 Å². The van der Waals surface area contributed by atoms with Crippen molar-refractivity contribution >= 4 is 36.7 Å². The summed E-state index contributed by atoms with van der Waals surface area (Å²) in [6.45, 7) is 0. The van der Waals surface area contributed by atoms with E-state index in [9.17, 15) is 21.9 Å². The Morgan fingerprint density at radius 3 is 2.10 bits per heavy atom. The van der Waals surface area contributed by atoms with Gasteiger partial charge < -0.3 is 10.8 Å². The Hall–Kier alpha value is -1.88. The lowest BCUT2D eigenvalue weighted by atomic mass is 10.1. The van der Waals surface area contributed by atoms with Crippen molar-refractivity contribution in [1.82, 2.24) is 0 Å². The predicted octanol–water partition coefficient (Wildman–Crippen LogP) is 0.421. The number of nitrogen functional groups attached to an aromatic ring is 1. The second-order valence-electron chi connectivity index (χ2n) is 3.91. The highest BCUT2D eigenvalue weighted by molar-refractivity contribution is 7.86. The van der Waals surface area contributed by atoms with Gasteiger partial charge in [-0.3, -0.25) is 9.11 Å². The van der Waals surface area contributed by atoms with Gasteiger partial charge in [-0.05, 0) is 23.6 Å². The largest absolute Gasteiger partial charge is 0.507 e. The molecule has 5 N–H and O–H groups in total. The summed E-state index contributed by atoms with van der Waals surface area (Å²) >= 11 is 0. The van der Waals surface area contributed by atoms with E-state index >= 15 is 0 Å². The molecular weight excluding hydrogens is 310 g/mol. The Morgan fingerprint density at radius 1 is 1.00 bits per heavy atom. The second kappa shape index (κ2) is 4.31. The molecule has 0 spiro atoms. The molecule has 2 aromatic carbocycles. The molecule has 107 valence electrons. The molecule has 0 unspecified atom stereocenters. The summed E-state index contributed by atoms with van der Waals surface area (Å²) in [5, 5.41) is 9.59. The summed E-state index contributed by atoms with van der Waals surface area (Å²) in [6.07, 6.45) is 0. The molecule has 0 saturated carbocycles. The maximum atomic E-state index is 11.1. The Bertz CT molecular complexity index is 916. The Balaban J connectivity index is 2.93. The number of rotatable bonds is 2. The average Bonchev–Trinajstić information content (AvgIpc) is 2.26. The van der Waals surface area contributed by atoms with E-state index in [0.29, 0.717) is 0 Å². The molecule has 8 nitrogen and oxygen atoms in total. The topological polar surface area (TPSA) is 155 Å². The van der Waals surface area contributed by atoms with Gasteiger partial charge in [-0.1, -0.05) is 0 Å². The molecule has 2 rings (SSSR count). The second-order valence-corrected chi connectivity index (χ2v) is 6.69. The van der Waals surface area contributed by atoms with Crippen LogP contribution in [0.5, 0.6) is 5.75 Å². The van der Waals surface area contributed by atoms with Crippen molar-refractivity contribution in [3.63, 3.8) is 0 Å². The minimum Gasteiger partial charge on any atom is -0.507 e. The van der Waals surface area contributed by atoms with Crippen LogP contribution in [0.3, 0.4) is 0 Å². The van der Waals surface area contributed by atoms with Crippen molar-refractivity contribution in [2.75, 3.05) is 5.73 Å². The Morgan fingerprint density at radius 2 is 1.60 bits per heavy atom. The molecular formula is C10H8NO7S2. The molecule has 20 heavy (non-hydrogen) atoms. The number of phenols is 1.